The van der Waals surface area contributed by atoms with Crippen LogP contribution in [-0.4, -0.2) is 84.1 Å². The topological polar surface area (TPSA) is 142 Å². The fraction of sp³-hybridized carbons (Fsp3) is 0.613. The number of ketones is 1. The van der Waals surface area contributed by atoms with Crippen LogP contribution in [0.1, 0.15) is 63.2 Å². The van der Waals surface area contributed by atoms with Gasteiger partial charge < -0.3 is 29.9 Å². The molecule has 10 nitrogen and oxygen atoms in total. The Balaban J connectivity index is 1.71. The summed E-state index contributed by atoms with van der Waals surface area (Å²) in [6, 6.07) is 2.22. The summed E-state index contributed by atoms with van der Waals surface area (Å²) in [5.74, 6) is 0.101. The van der Waals surface area contributed by atoms with E-state index in [0.717, 1.165) is 19.3 Å². The van der Waals surface area contributed by atoms with Crippen molar-refractivity contribution in [1.82, 2.24) is 10.2 Å². The van der Waals surface area contributed by atoms with Crippen LogP contribution in [0.25, 0.3) is 0 Å². The molecule has 0 aromatic heterocycles. The number of carbonyl (C=O) groups excluding carboxylic acids is 4. The molecule has 4 aliphatic carbocycles. The van der Waals surface area contributed by atoms with Crippen molar-refractivity contribution in [2.75, 3.05) is 26.8 Å². The molecular weight excluding hydrogens is 655 g/mol. The molecule has 2 bridgehead atoms. The van der Waals surface area contributed by atoms with Gasteiger partial charge in [0.1, 0.15) is 18.5 Å². The predicted molar refractivity (Wildman–Crippen MR) is 163 cm³/mol. The average molecular weight is 697 g/mol. The molecule has 3 N–H and O–H groups in total. The molecule has 1 aromatic rings. The summed E-state index contributed by atoms with van der Waals surface area (Å²) in [6.45, 7) is 6.24. The second kappa shape index (κ2) is 13.4. The molecule has 0 spiro atoms. The van der Waals surface area contributed by atoms with Crippen LogP contribution in [0, 0.1) is 26.7 Å². The zero-order chi connectivity index (χ0) is 30.8. The third kappa shape index (κ3) is 6.37. The van der Waals surface area contributed by atoms with Gasteiger partial charge in [-0.15, -0.1) is 0 Å². The zero-order valence-electron chi connectivity index (χ0n) is 24.6. The number of ether oxygens (including phenoxy) is 2. The number of nitrogens with one attached hydrogen (secondary N) is 1. The summed E-state index contributed by atoms with van der Waals surface area (Å²) in [5, 5.41) is 23.7. The number of halogens is 1. The molecule has 3 fully saturated rings. The van der Waals surface area contributed by atoms with Gasteiger partial charge in [0.25, 0.3) is 5.91 Å². The molecule has 42 heavy (non-hydrogen) atoms. The zero-order valence-corrected chi connectivity index (χ0v) is 26.8. The summed E-state index contributed by atoms with van der Waals surface area (Å²) in [5.41, 5.74) is 0.810. The number of Topliss-reactive ketones (excluding diaryl/α,β-unsaturated/α-hetero) is 1. The van der Waals surface area contributed by atoms with Crippen LogP contribution in [0.5, 0.6) is 11.5 Å². The minimum atomic E-state index is -1.27. The second-order valence-corrected chi connectivity index (χ2v) is 13.3. The fourth-order valence-electron chi connectivity index (χ4n) is 6.95. The van der Waals surface area contributed by atoms with E-state index in [1.807, 2.05) is 22.6 Å². The first-order chi connectivity index (χ1) is 20.0. The van der Waals surface area contributed by atoms with Crippen LogP contribution < -0.4 is 14.8 Å². The van der Waals surface area contributed by atoms with Crippen LogP contribution in [0.15, 0.2) is 23.8 Å². The van der Waals surface area contributed by atoms with Crippen LogP contribution in [-0.2, 0) is 14.4 Å². The standard InChI is InChI=1S/C31H41IN2O8/c1-5-24(37)30(40)34(15-18-6-7-20-14-21(18)31(20,2)3)23-12-19(29(39)33-8-9-35)13-25(27(23)38)42-28-22(32)10-17(16-36)11-26(28)41-4/h10-11,13,16,18,20-21,23,25,27,35,38H,5-9,12,14-15H2,1-4H3,(H,33,39). The van der Waals surface area contributed by atoms with E-state index in [4.69, 9.17) is 9.47 Å². The normalized spacial score (nSPS) is 27.6. The van der Waals surface area contributed by atoms with Crippen LogP contribution in [0.2, 0.25) is 0 Å². The number of benzene rings is 1. The number of rotatable bonds is 12. The molecule has 5 rings (SSSR count). The summed E-state index contributed by atoms with van der Waals surface area (Å²) in [7, 11) is 1.43. The first-order valence-corrected chi connectivity index (χ1v) is 15.7. The molecule has 230 valence electrons. The van der Waals surface area contributed by atoms with E-state index in [0.29, 0.717) is 33.8 Å². The molecule has 6 unspecified atom stereocenters. The number of carbonyl (C=O) groups is 4. The van der Waals surface area contributed by atoms with Crippen molar-refractivity contribution in [2.45, 2.75) is 71.1 Å². The molecular formula is C31H41IN2O8. The molecule has 4 aliphatic rings. The number of aliphatic hydroxyl groups excluding tert-OH is 2. The van der Waals surface area contributed by atoms with E-state index in [9.17, 15) is 29.4 Å². The number of fused-ring (bicyclic) bond motifs is 2. The Kier molecular flexibility index (Phi) is 10.4. The lowest BCUT2D eigenvalue weighted by Crippen LogP contribution is -2.60. The maximum absolute atomic E-state index is 13.6. The quantitative estimate of drug-likeness (QED) is 0.172. The molecule has 0 aliphatic heterocycles. The van der Waals surface area contributed by atoms with Gasteiger partial charge in [-0.05, 0) is 83.2 Å². The first kappa shape index (κ1) is 32.4. The van der Waals surface area contributed by atoms with Gasteiger partial charge in [0.15, 0.2) is 11.5 Å². The molecule has 0 heterocycles. The van der Waals surface area contributed by atoms with Gasteiger partial charge in [0.2, 0.25) is 11.7 Å². The fourth-order valence-corrected chi connectivity index (χ4v) is 7.70. The number of aldehydes is 1. The van der Waals surface area contributed by atoms with E-state index in [2.05, 4.69) is 19.2 Å². The van der Waals surface area contributed by atoms with Crippen molar-refractivity contribution < 1.29 is 38.9 Å². The van der Waals surface area contributed by atoms with Crippen LogP contribution >= 0.6 is 22.6 Å². The van der Waals surface area contributed by atoms with Crippen molar-refractivity contribution >= 4 is 46.5 Å². The van der Waals surface area contributed by atoms with E-state index < -0.39 is 35.8 Å². The maximum atomic E-state index is 13.6. The maximum Gasteiger partial charge on any atom is 0.290 e. The number of amides is 2. The van der Waals surface area contributed by atoms with Gasteiger partial charge >= 0.3 is 0 Å². The Labute approximate surface area is 260 Å². The Hall–Kier alpha value is -2.51. The third-order valence-corrected chi connectivity index (χ3v) is 10.3. The molecule has 1 aromatic carbocycles. The van der Waals surface area contributed by atoms with Crippen LogP contribution in [0.3, 0.4) is 0 Å². The van der Waals surface area contributed by atoms with E-state index in [-0.39, 0.29) is 54.4 Å². The minimum absolute atomic E-state index is 0.0166. The SMILES string of the molecule is CCC(=O)C(=O)N(CC1CCC2CC1C2(C)C)C1CC(C(=O)NCCO)=CC(Oc2c(I)cc(C=O)cc2OC)C1O. The highest BCUT2D eigenvalue weighted by Gasteiger charge is 2.55. The Morgan fingerprint density at radius 1 is 1.24 bits per heavy atom. The van der Waals surface area contributed by atoms with E-state index in [1.165, 1.54) is 24.2 Å². The number of hydrogen-bond donors (Lipinski definition) is 3. The number of nitrogens with zero attached hydrogens (tertiary/aromatic N) is 1. The Morgan fingerprint density at radius 3 is 2.57 bits per heavy atom. The highest BCUT2D eigenvalue weighted by atomic mass is 127. The van der Waals surface area contributed by atoms with Gasteiger partial charge in [-0.3, -0.25) is 19.2 Å². The number of hydrogen-bond acceptors (Lipinski definition) is 8. The van der Waals surface area contributed by atoms with Gasteiger partial charge in [-0.25, -0.2) is 0 Å². The van der Waals surface area contributed by atoms with Crippen molar-refractivity contribution in [1.29, 1.82) is 0 Å². The van der Waals surface area contributed by atoms with E-state index >= 15 is 0 Å². The minimum Gasteiger partial charge on any atom is -0.493 e. The van der Waals surface area contributed by atoms with Crippen LogP contribution in [0.4, 0.5) is 0 Å². The van der Waals surface area contributed by atoms with Crippen molar-refractivity contribution in [3.63, 3.8) is 0 Å². The molecule has 11 heteroatoms. The molecule has 2 amide bonds. The monoisotopic (exact) mass is 696 g/mol. The molecule has 0 saturated heterocycles. The molecule has 3 saturated carbocycles. The lowest BCUT2D eigenvalue weighted by molar-refractivity contribution is -0.155. The average Bonchev–Trinajstić information content (AvgIpc) is 2.99. The Morgan fingerprint density at radius 2 is 1.98 bits per heavy atom. The predicted octanol–water partition coefficient (Wildman–Crippen LogP) is 2.91. The van der Waals surface area contributed by atoms with Crippen molar-refractivity contribution in [3.05, 3.63) is 32.9 Å². The molecule has 0 radical (unpaired) electrons. The summed E-state index contributed by atoms with van der Waals surface area (Å²) < 4.78 is 12.3. The van der Waals surface area contributed by atoms with Gasteiger partial charge in [0, 0.05) is 37.1 Å². The summed E-state index contributed by atoms with van der Waals surface area (Å²) in [4.78, 5) is 52.5. The van der Waals surface area contributed by atoms with Crippen molar-refractivity contribution in [2.24, 2.45) is 23.2 Å². The van der Waals surface area contributed by atoms with E-state index in [1.54, 1.807) is 13.0 Å². The number of aliphatic hydroxyl groups is 2. The van der Waals surface area contributed by atoms with Gasteiger partial charge in [-0.1, -0.05) is 20.8 Å². The smallest absolute Gasteiger partial charge is 0.290 e. The van der Waals surface area contributed by atoms with Gasteiger partial charge in [0.05, 0.1) is 23.3 Å². The first-order valence-electron chi connectivity index (χ1n) is 14.6. The lowest BCUT2D eigenvalue weighted by atomic mass is 9.45. The summed E-state index contributed by atoms with van der Waals surface area (Å²) >= 11 is 2.01. The third-order valence-electron chi connectivity index (χ3n) is 9.51. The lowest BCUT2D eigenvalue weighted by Gasteiger charge is -2.61. The van der Waals surface area contributed by atoms with Crippen molar-refractivity contribution in [3.8, 4) is 11.5 Å². The number of methoxy groups -OCH3 is 1. The summed E-state index contributed by atoms with van der Waals surface area (Å²) in [6.07, 6.45) is 2.97. The van der Waals surface area contributed by atoms with Gasteiger partial charge in [-0.2, -0.15) is 0 Å². The second-order valence-electron chi connectivity index (χ2n) is 12.1. The molecule has 6 atom stereocenters. The Bertz CT molecular complexity index is 1250. The highest BCUT2D eigenvalue weighted by Crippen LogP contribution is 2.61. The largest absolute Gasteiger partial charge is 0.493 e. The highest BCUT2D eigenvalue weighted by molar-refractivity contribution is 14.1.